The number of nitrogen functional groups attached to an aromatic ring is 1. The monoisotopic (exact) mass is 260 g/mol. The van der Waals surface area contributed by atoms with Crippen LogP contribution in [0.1, 0.15) is 11.1 Å². The number of benzene rings is 2. The van der Waals surface area contributed by atoms with Gasteiger partial charge in [-0.3, -0.25) is 0 Å². The molecule has 0 amide bonds. The van der Waals surface area contributed by atoms with Crippen LogP contribution in [0, 0.1) is 19.7 Å². The number of ether oxygens (including phenoxy) is 1. The van der Waals surface area contributed by atoms with Crippen LogP contribution in [-0.2, 0) is 0 Å². The summed E-state index contributed by atoms with van der Waals surface area (Å²) in [5.74, 6) is 0.269. The van der Waals surface area contributed by atoms with Gasteiger partial charge in [-0.1, -0.05) is 6.07 Å². The van der Waals surface area contributed by atoms with Crippen LogP contribution in [0.3, 0.4) is 0 Å². The number of nitrogens with two attached hydrogens (primary N) is 1. The molecule has 3 nitrogen and oxygen atoms in total. The highest BCUT2D eigenvalue weighted by molar-refractivity contribution is 5.76. The SMILES string of the molecule is COc1cc(C)c(C)cc1Nc1c(N)cccc1F. The molecule has 100 valence electrons. The summed E-state index contributed by atoms with van der Waals surface area (Å²) in [5.41, 5.74) is 9.32. The molecule has 0 aliphatic rings. The van der Waals surface area contributed by atoms with Gasteiger partial charge >= 0.3 is 0 Å². The zero-order valence-electron chi connectivity index (χ0n) is 11.3. The van der Waals surface area contributed by atoms with Crippen LogP contribution in [0.4, 0.5) is 21.5 Å². The van der Waals surface area contributed by atoms with Crippen molar-refractivity contribution in [1.29, 1.82) is 0 Å². The number of methoxy groups -OCH3 is 1. The molecule has 0 spiro atoms. The Bertz CT molecular complexity index is 591. The standard InChI is InChI=1S/C15H17FN2O/c1-9-7-13(14(19-3)8-10(9)2)18-15-11(16)5-4-6-12(15)17/h4-8,18H,17H2,1-3H3. The third kappa shape index (κ3) is 2.62. The Kier molecular flexibility index (Phi) is 3.60. The predicted octanol–water partition coefficient (Wildman–Crippen LogP) is 3.78. The fourth-order valence-corrected chi connectivity index (χ4v) is 1.86. The quantitative estimate of drug-likeness (QED) is 0.826. The first kappa shape index (κ1) is 13.2. The lowest BCUT2D eigenvalue weighted by Gasteiger charge is -2.15. The smallest absolute Gasteiger partial charge is 0.148 e. The van der Waals surface area contributed by atoms with Crippen molar-refractivity contribution in [2.24, 2.45) is 0 Å². The fourth-order valence-electron chi connectivity index (χ4n) is 1.86. The van der Waals surface area contributed by atoms with Crippen LogP contribution in [0.5, 0.6) is 5.75 Å². The maximum Gasteiger partial charge on any atom is 0.148 e. The molecule has 0 aliphatic heterocycles. The number of para-hydroxylation sites is 1. The lowest BCUT2D eigenvalue weighted by molar-refractivity contribution is 0.416. The van der Waals surface area contributed by atoms with Gasteiger partial charge in [-0.05, 0) is 49.2 Å². The van der Waals surface area contributed by atoms with E-state index in [0.717, 1.165) is 11.1 Å². The van der Waals surface area contributed by atoms with Crippen LogP contribution in [0.2, 0.25) is 0 Å². The molecule has 0 unspecified atom stereocenters. The van der Waals surface area contributed by atoms with Gasteiger partial charge in [0.1, 0.15) is 11.6 Å². The van der Waals surface area contributed by atoms with Crippen LogP contribution in [0.25, 0.3) is 0 Å². The van der Waals surface area contributed by atoms with E-state index in [4.69, 9.17) is 10.5 Å². The van der Waals surface area contributed by atoms with Crippen molar-refractivity contribution in [3.05, 3.63) is 47.3 Å². The number of hydrogen-bond donors (Lipinski definition) is 2. The van der Waals surface area contributed by atoms with E-state index in [-0.39, 0.29) is 11.5 Å². The number of anilines is 3. The Morgan fingerprint density at radius 3 is 2.47 bits per heavy atom. The number of halogens is 1. The molecule has 2 aromatic carbocycles. The topological polar surface area (TPSA) is 47.3 Å². The Hall–Kier alpha value is -2.23. The minimum Gasteiger partial charge on any atom is -0.495 e. The molecule has 4 heteroatoms. The number of rotatable bonds is 3. The summed E-state index contributed by atoms with van der Waals surface area (Å²) < 4.78 is 19.1. The van der Waals surface area contributed by atoms with Crippen molar-refractivity contribution in [3.8, 4) is 5.75 Å². The zero-order valence-corrected chi connectivity index (χ0v) is 11.3. The molecule has 0 heterocycles. The average molecular weight is 260 g/mol. The maximum atomic E-state index is 13.8. The van der Waals surface area contributed by atoms with Crippen LogP contribution < -0.4 is 15.8 Å². The van der Waals surface area contributed by atoms with E-state index >= 15 is 0 Å². The van der Waals surface area contributed by atoms with Gasteiger partial charge < -0.3 is 15.8 Å². The Morgan fingerprint density at radius 2 is 1.84 bits per heavy atom. The highest BCUT2D eigenvalue weighted by Gasteiger charge is 2.11. The minimum atomic E-state index is -0.389. The third-order valence-electron chi connectivity index (χ3n) is 3.12. The molecule has 0 aliphatic carbocycles. The first-order valence-corrected chi connectivity index (χ1v) is 5.99. The van der Waals surface area contributed by atoms with Crippen LogP contribution >= 0.6 is 0 Å². The summed E-state index contributed by atoms with van der Waals surface area (Å²) in [7, 11) is 1.58. The molecule has 0 aromatic heterocycles. The minimum absolute atomic E-state index is 0.268. The fraction of sp³-hybridized carbons (Fsp3) is 0.200. The molecule has 0 saturated heterocycles. The number of nitrogens with one attached hydrogen (secondary N) is 1. The Morgan fingerprint density at radius 1 is 1.16 bits per heavy atom. The van der Waals surface area contributed by atoms with Gasteiger partial charge in [-0.25, -0.2) is 4.39 Å². The van der Waals surface area contributed by atoms with Crippen molar-refractivity contribution in [3.63, 3.8) is 0 Å². The van der Waals surface area contributed by atoms with Gasteiger partial charge in [0, 0.05) is 0 Å². The van der Waals surface area contributed by atoms with Gasteiger partial charge in [-0.15, -0.1) is 0 Å². The van der Waals surface area contributed by atoms with Gasteiger partial charge in [-0.2, -0.15) is 0 Å². The van der Waals surface area contributed by atoms with Gasteiger partial charge in [0.15, 0.2) is 0 Å². The van der Waals surface area contributed by atoms with Gasteiger partial charge in [0.05, 0.1) is 24.2 Å². The molecule has 2 rings (SSSR count). The van der Waals surface area contributed by atoms with E-state index in [9.17, 15) is 4.39 Å². The molecule has 0 radical (unpaired) electrons. The molecule has 3 N–H and O–H groups in total. The summed E-state index contributed by atoms with van der Waals surface area (Å²) in [5, 5.41) is 3.00. The summed E-state index contributed by atoms with van der Waals surface area (Å²) in [6, 6.07) is 8.42. The Balaban J connectivity index is 2.46. The van der Waals surface area contributed by atoms with E-state index in [1.807, 2.05) is 26.0 Å². The normalized spacial score (nSPS) is 10.3. The number of hydrogen-bond acceptors (Lipinski definition) is 3. The molecule has 19 heavy (non-hydrogen) atoms. The van der Waals surface area contributed by atoms with E-state index < -0.39 is 0 Å². The molecular weight excluding hydrogens is 243 g/mol. The highest BCUT2D eigenvalue weighted by atomic mass is 19.1. The van der Waals surface area contributed by atoms with Gasteiger partial charge in [0.25, 0.3) is 0 Å². The van der Waals surface area contributed by atoms with Gasteiger partial charge in [0.2, 0.25) is 0 Å². The molecule has 0 fully saturated rings. The average Bonchev–Trinajstić information content (AvgIpc) is 2.37. The van der Waals surface area contributed by atoms with E-state index in [0.29, 0.717) is 17.1 Å². The molecular formula is C15H17FN2O. The molecule has 0 atom stereocenters. The predicted molar refractivity (Wildman–Crippen MR) is 76.6 cm³/mol. The summed E-state index contributed by atoms with van der Waals surface area (Å²) >= 11 is 0. The zero-order chi connectivity index (χ0) is 14.0. The maximum absolute atomic E-state index is 13.8. The van der Waals surface area contributed by atoms with Crippen molar-refractivity contribution < 1.29 is 9.13 Å². The first-order chi connectivity index (χ1) is 9.02. The van der Waals surface area contributed by atoms with Crippen LogP contribution in [-0.4, -0.2) is 7.11 Å². The van der Waals surface area contributed by atoms with Crippen molar-refractivity contribution in [1.82, 2.24) is 0 Å². The summed E-state index contributed by atoms with van der Waals surface area (Å²) in [6.45, 7) is 3.99. The van der Waals surface area contributed by atoms with Crippen LogP contribution in [0.15, 0.2) is 30.3 Å². The van der Waals surface area contributed by atoms with E-state index in [1.54, 1.807) is 19.2 Å². The lowest BCUT2D eigenvalue weighted by Crippen LogP contribution is -2.01. The highest BCUT2D eigenvalue weighted by Crippen LogP contribution is 2.33. The molecule has 0 saturated carbocycles. The van der Waals surface area contributed by atoms with Crippen molar-refractivity contribution >= 4 is 17.1 Å². The van der Waals surface area contributed by atoms with E-state index in [2.05, 4.69) is 5.32 Å². The van der Waals surface area contributed by atoms with Crippen molar-refractivity contribution in [2.45, 2.75) is 13.8 Å². The largest absolute Gasteiger partial charge is 0.495 e. The second-order valence-corrected chi connectivity index (χ2v) is 4.47. The number of aryl methyl sites for hydroxylation is 2. The Labute approximate surface area is 112 Å². The van der Waals surface area contributed by atoms with E-state index in [1.165, 1.54) is 6.07 Å². The first-order valence-electron chi connectivity index (χ1n) is 5.99. The molecule has 2 aromatic rings. The summed E-state index contributed by atoms with van der Waals surface area (Å²) in [4.78, 5) is 0. The lowest BCUT2D eigenvalue weighted by atomic mass is 10.1. The second-order valence-electron chi connectivity index (χ2n) is 4.47. The second kappa shape index (κ2) is 5.18. The molecule has 0 bridgehead atoms. The van der Waals surface area contributed by atoms with Crippen molar-refractivity contribution in [2.75, 3.05) is 18.2 Å². The summed E-state index contributed by atoms with van der Waals surface area (Å²) in [6.07, 6.45) is 0. The third-order valence-corrected chi connectivity index (χ3v) is 3.12.